The first-order chi connectivity index (χ1) is 4.93. The number of hydrogen-bond acceptors (Lipinski definition) is 3. The van der Waals surface area contributed by atoms with Gasteiger partial charge in [-0.1, -0.05) is 19.8 Å². The molecule has 1 aliphatic heterocycles. The van der Waals surface area contributed by atoms with Crippen molar-refractivity contribution >= 4 is 0 Å². The van der Waals surface area contributed by atoms with Gasteiger partial charge >= 0.3 is 0 Å². The first-order valence-corrected chi connectivity index (χ1v) is 4.11. The highest BCUT2D eigenvalue weighted by molar-refractivity contribution is 4.66. The molecular formula is C7H17N3. The predicted octanol–water partition coefficient (Wildman–Crippen LogP) is 0.200. The second kappa shape index (κ2) is 4.66. The molecule has 1 rings (SSSR count). The van der Waals surface area contributed by atoms with Crippen LogP contribution < -0.4 is 16.0 Å². The summed E-state index contributed by atoms with van der Waals surface area (Å²) in [7, 11) is 0. The smallest absolute Gasteiger partial charge is 0.0591 e. The lowest BCUT2D eigenvalue weighted by molar-refractivity contribution is 0.316. The maximum absolute atomic E-state index is 3.33. The van der Waals surface area contributed by atoms with E-state index in [9.17, 15) is 0 Å². The summed E-state index contributed by atoms with van der Waals surface area (Å²) in [5.41, 5.74) is 0. The van der Waals surface area contributed by atoms with Gasteiger partial charge < -0.3 is 0 Å². The van der Waals surface area contributed by atoms with Crippen molar-refractivity contribution in [1.82, 2.24) is 16.0 Å². The Kier molecular flexibility index (Phi) is 3.72. The van der Waals surface area contributed by atoms with Crippen LogP contribution in [0, 0.1) is 0 Å². The second-order valence-electron chi connectivity index (χ2n) is 2.71. The summed E-state index contributed by atoms with van der Waals surface area (Å²) in [4.78, 5) is 0. The lowest BCUT2D eigenvalue weighted by Crippen LogP contribution is -2.55. The molecule has 1 aliphatic rings. The summed E-state index contributed by atoms with van der Waals surface area (Å²) in [5, 5.41) is 9.83. The molecule has 3 N–H and O–H groups in total. The number of nitrogens with one attached hydrogen (secondary N) is 3. The van der Waals surface area contributed by atoms with E-state index in [-0.39, 0.29) is 0 Å². The molecule has 3 heteroatoms. The third kappa shape index (κ3) is 2.64. The zero-order valence-corrected chi connectivity index (χ0v) is 6.61. The summed E-state index contributed by atoms with van der Waals surface area (Å²) < 4.78 is 0. The van der Waals surface area contributed by atoms with Crippen molar-refractivity contribution in [2.24, 2.45) is 0 Å². The molecule has 0 bridgehead atoms. The average Bonchev–Trinajstić information content (AvgIpc) is 2.03. The van der Waals surface area contributed by atoms with E-state index in [1.54, 1.807) is 0 Å². The fraction of sp³-hybridized carbons (Fsp3) is 1.00. The van der Waals surface area contributed by atoms with Gasteiger partial charge in [-0.3, -0.25) is 16.0 Å². The van der Waals surface area contributed by atoms with Crippen molar-refractivity contribution in [2.75, 3.05) is 13.3 Å². The molecule has 0 radical (unpaired) electrons. The fourth-order valence-electron chi connectivity index (χ4n) is 1.14. The van der Waals surface area contributed by atoms with Crippen LogP contribution in [0.25, 0.3) is 0 Å². The zero-order valence-electron chi connectivity index (χ0n) is 6.61. The SMILES string of the molecule is CCCCC1NCNCN1. The minimum absolute atomic E-state index is 0.543. The Hall–Kier alpha value is -0.120. The van der Waals surface area contributed by atoms with Crippen LogP contribution in [0.2, 0.25) is 0 Å². The van der Waals surface area contributed by atoms with E-state index in [4.69, 9.17) is 0 Å². The molecule has 0 spiro atoms. The summed E-state index contributed by atoms with van der Waals surface area (Å²) >= 11 is 0. The minimum atomic E-state index is 0.543. The monoisotopic (exact) mass is 143 g/mol. The van der Waals surface area contributed by atoms with E-state index >= 15 is 0 Å². The van der Waals surface area contributed by atoms with Crippen molar-refractivity contribution in [3.8, 4) is 0 Å². The molecule has 0 amide bonds. The molecule has 0 aliphatic carbocycles. The Morgan fingerprint density at radius 3 is 2.60 bits per heavy atom. The molecule has 3 nitrogen and oxygen atoms in total. The molecule has 0 saturated carbocycles. The Morgan fingerprint density at radius 1 is 1.30 bits per heavy atom. The van der Waals surface area contributed by atoms with E-state index in [0.717, 1.165) is 13.3 Å². The van der Waals surface area contributed by atoms with Crippen LogP contribution in [0.1, 0.15) is 26.2 Å². The van der Waals surface area contributed by atoms with E-state index < -0.39 is 0 Å². The summed E-state index contributed by atoms with van der Waals surface area (Å²) in [6, 6.07) is 0. The highest BCUT2D eigenvalue weighted by Crippen LogP contribution is 1.97. The zero-order chi connectivity index (χ0) is 7.23. The highest BCUT2D eigenvalue weighted by Gasteiger charge is 2.08. The number of rotatable bonds is 3. The standard InChI is InChI=1S/C7H17N3/c1-2-3-4-7-9-5-8-6-10-7/h7-10H,2-6H2,1H3. The van der Waals surface area contributed by atoms with Gasteiger partial charge in [0.2, 0.25) is 0 Å². The predicted molar refractivity (Wildman–Crippen MR) is 42.5 cm³/mol. The normalized spacial score (nSPS) is 21.3. The largest absolute Gasteiger partial charge is 0.292 e. The maximum atomic E-state index is 3.33. The Labute approximate surface area is 62.6 Å². The van der Waals surface area contributed by atoms with Gasteiger partial charge in [0.15, 0.2) is 0 Å². The maximum Gasteiger partial charge on any atom is 0.0591 e. The molecule has 0 atom stereocenters. The molecule has 1 saturated heterocycles. The van der Waals surface area contributed by atoms with Gasteiger partial charge in [0.05, 0.1) is 6.17 Å². The van der Waals surface area contributed by atoms with Gasteiger partial charge in [-0.2, -0.15) is 0 Å². The van der Waals surface area contributed by atoms with Crippen molar-refractivity contribution in [3.63, 3.8) is 0 Å². The van der Waals surface area contributed by atoms with Crippen LogP contribution in [0.3, 0.4) is 0 Å². The molecule has 0 unspecified atom stereocenters. The average molecular weight is 143 g/mol. The molecule has 0 aromatic heterocycles. The van der Waals surface area contributed by atoms with Crippen LogP contribution in [0.15, 0.2) is 0 Å². The molecule has 1 heterocycles. The van der Waals surface area contributed by atoms with Crippen LogP contribution in [0.4, 0.5) is 0 Å². The van der Waals surface area contributed by atoms with Crippen LogP contribution >= 0.6 is 0 Å². The first-order valence-electron chi connectivity index (χ1n) is 4.11. The molecule has 60 valence electrons. The molecule has 10 heavy (non-hydrogen) atoms. The van der Waals surface area contributed by atoms with Crippen molar-refractivity contribution < 1.29 is 0 Å². The highest BCUT2D eigenvalue weighted by atomic mass is 15.3. The topological polar surface area (TPSA) is 36.1 Å². The third-order valence-electron chi connectivity index (χ3n) is 1.79. The number of hydrogen-bond donors (Lipinski definition) is 3. The van der Waals surface area contributed by atoms with Crippen LogP contribution in [-0.2, 0) is 0 Å². The Morgan fingerprint density at radius 2 is 2.00 bits per heavy atom. The van der Waals surface area contributed by atoms with E-state index in [0.29, 0.717) is 6.17 Å². The summed E-state index contributed by atoms with van der Waals surface area (Å²) in [5.74, 6) is 0. The van der Waals surface area contributed by atoms with Gasteiger partial charge in [-0.05, 0) is 6.42 Å². The molecule has 1 fully saturated rings. The summed E-state index contributed by atoms with van der Waals surface area (Å²) in [6.45, 7) is 4.11. The van der Waals surface area contributed by atoms with E-state index in [1.165, 1.54) is 19.3 Å². The van der Waals surface area contributed by atoms with Gasteiger partial charge in [-0.15, -0.1) is 0 Å². The van der Waals surface area contributed by atoms with E-state index in [1.807, 2.05) is 0 Å². The minimum Gasteiger partial charge on any atom is -0.292 e. The Bertz CT molecular complexity index is 78.9. The van der Waals surface area contributed by atoms with Crippen LogP contribution in [-0.4, -0.2) is 19.5 Å². The molecular weight excluding hydrogens is 126 g/mol. The van der Waals surface area contributed by atoms with Crippen molar-refractivity contribution in [3.05, 3.63) is 0 Å². The molecule has 0 aromatic carbocycles. The van der Waals surface area contributed by atoms with Gasteiger partial charge in [0.25, 0.3) is 0 Å². The van der Waals surface area contributed by atoms with E-state index in [2.05, 4.69) is 22.9 Å². The van der Waals surface area contributed by atoms with Crippen molar-refractivity contribution in [2.45, 2.75) is 32.4 Å². The first kappa shape index (κ1) is 7.98. The van der Waals surface area contributed by atoms with Gasteiger partial charge in [0, 0.05) is 13.3 Å². The van der Waals surface area contributed by atoms with Gasteiger partial charge in [-0.25, -0.2) is 0 Å². The lowest BCUT2D eigenvalue weighted by atomic mass is 10.2. The second-order valence-corrected chi connectivity index (χ2v) is 2.71. The van der Waals surface area contributed by atoms with Crippen molar-refractivity contribution in [1.29, 1.82) is 0 Å². The Balaban J connectivity index is 2.02. The molecule has 0 aromatic rings. The fourth-order valence-corrected chi connectivity index (χ4v) is 1.14. The lowest BCUT2D eigenvalue weighted by Gasteiger charge is -2.25. The van der Waals surface area contributed by atoms with Gasteiger partial charge in [0.1, 0.15) is 0 Å². The quantitative estimate of drug-likeness (QED) is 0.528. The number of unbranched alkanes of at least 4 members (excludes halogenated alkanes) is 1. The third-order valence-corrected chi connectivity index (χ3v) is 1.79. The summed E-state index contributed by atoms with van der Waals surface area (Å²) in [6.07, 6.45) is 4.39. The van der Waals surface area contributed by atoms with Crippen LogP contribution in [0.5, 0.6) is 0 Å².